The fraction of sp³-hybridized carbons (Fsp3) is 0.268. The maximum atomic E-state index is 13.5. The first-order valence-electron chi connectivity index (χ1n) is 17.8. The molecular weight excluding hydrogens is 737 g/mol. The Morgan fingerprint density at radius 3 is 2.25 bits per heavy atom. The van der Waals surface area contributed by atoms with Crippen molar-refractivity contribution in [2.24, 2.45) is 0 Å². The lowest BCUT2D eigenvalue weighted by Crippen LogP contribution is -2.25. The second kappa shape index (κ2) is 18.3. The van der Waals surface area contributed by atoms with Crippen LogP contribution in [0.3, 0.4) is 0 Å². The molecule has 1 atom stereocenters. The van der Waals surface area contributed by atoms with E-state index in [4.69, 9.17) is 19.3 Å². The van der Waals surface area contributed by atoms with Crippen LogP contribution in [-0.2, 0) is 21.2 Å². The number of aliphatic carboxylic acids is 1. The van der Waals surface area contributed by atoms with Crippen LogP contribution in [0.4, 0.5) is 33.4 Å². The number of anilines is 5. The summed E-state index contributed by atoms with van der Waals surface area (Å²) in [6, 6.07) is 22.8. The molecule has 0 unspecified atom stereocenters. The molecule has 0 saturated carbocycles. The van der Waals surface area contributed by atoms with Gasteiger partial charge in [0.1, 0.15) is 34.1 Å². The summed E-state index contributed by atoms with van der Waals surface area (Å²) in [6.45, 7) is 6.48. The average molecular weight is 783 g/mol. The molecular formula is C41H46N6O8S. The molecule has 15 heteroatoms. The van der Waals surface area contributed by atoms with Gasteiger partial charge in [0.15, 0.2) is 5.75 Å². The molecule has 0 aliphatic heterocycles. The van der Waals surface area contributed by atoms with E-state index in [-0.39, 0.29) is 17.7 Å². The number of carbonyl (C=O) groups is 3. The molecule has 5 rings (SSSR count). The first kappa shape index (κ1) is 40.8. The fourth-order valence-corrected chi connectivity index (χ4v) is 6.28. The van der Waals surface area contributed by atoms with Gasteiger partial charge in [0.05, 0.1) is 36.8 Å². The molecule has 56 heavy (non-hydrogen) atoms. The van der Waals surface area contributed by atoms with Gasteiger partial charge in [0.25, 0.3) is 5.91 Å². The molecule has 0 spiro atoms. The average Bonchev–Trinajstić information content (AvgIpc) is 3.15. The fourth-order valence-electron chi connectivity index (χ4n) is 5.82. The summed E-state index contributed by atoms with van der Waals surface area (Å²) >= 11 is 0. The Morgan fingerprint density at radius 1 is 0.821 bits per heavy atom. The Hall–Kier alpha value is -6.35. The van der Waals surface area contributed by atoms with Crippen LogP contribution in [0.15, 0.2) is 85.1 Å². The molecule has 3 amide bonds. The zero-order chi connectivity index (χ0) is 40.4. The molecule has 6 N–H and O–H groups in total. The molecule has 0 radical (unpaired) electrons. The molecule has 1 aromatic heterocycles. The second-order valence-corrected chi connectivity index (χ2v) is 14.9. The van der Waals surface area contributed by atoms with Crippen molar-refractivity contribution < 1.29 is 37.9 Å². The quantitative estimate of drug-likeness (QED) is 0.0530. The SMILES string of the molecule is COc1cc(Nc2cc(Oc3ccc(NC(=O)Nc4cc(C(C)(C)C)cc(N[S@](C)=O)c4OC)c4ccccc34)ccn2)ccc1C(=O)NCCCCC(=O)O. The number of carboxylic acids is 1. The minimum atomic E-state index is -1.37. The van der Waals surface area contributed by atoms with Gasteiger partial charge in [0.2, 0.25) is 0 Å². The number of aromatic nitrogens is 1. The second-order valence-electron chi connectivity index (χ2n) is 13.8. The van der Waals surface area contributed by atoms with Crippen LogP contribution in [0.1, 0.15) is 56.0 Å². The van der Waals surface area contributed by atoms with E-state index in [0.29, 0.717) is 76.5 Å². The number of amides is 3. The van der Waals surface area contributed by atoms with Crippen LogP contribution in [-0.4, -0.2) is 59.2 Å². The molecule has 5 aromatic rings. The summed E-state index contributed by atoms with van der Waals surface area (Å²) in [5.41, 5.74) is 3.07. The number of ether oxygens (including phenoxy) is 3. The van der Waals surface area contributed by atoms with Crippen LogP contribution in [0.2, 0.25) is 0 Å². The van der Waals surface area contributed by atoms with Gasteiger partial charge in [-0.2, -0.15) is 0 Å². The van der Waals surface area contributed by atoms with E-state index < -0.39 is 23.0 Å². The molecule has 0 aliphatic carbocycles. The third-order valence-corrected chi connectivity index (χ3v) is 9.08. The smallest absolute Gasteiger partial charge is 0.323 e. The number of unbranched alkanes of at least 4 members (excludes halogenated alkanes) is 1. The minimum Gasteiger partial charge on any atom is -0.496 e. The van der Waals surface area contributed by atoms with Gasteiger partial charge in [-0.15, -0.1) is 0 Å². The zero-order valence-corrected chi connectivity index (χ0v) is 32.9. The van der Waals surface area contributed by atoms with Crippen LogP contribution in [0.25, 0.3) is 10.8 Å². The van der Waals surface area contributed by atoms with Crippen molar-refractivity contribution in [2.45, 2.75) is 45.4 Å². The zero-order valence-electron chi connectivity index (χ0n) is 32.1. The summed E-state index contributed by atoms with van der Waals surface area (Å²) in [6.07, 6.45) is 4.19. The van der Waals surface area contributed by atoms with E-state index in [2.05, 4.69) is 31.0 Å². The number of pyridine rings is 1. The normalized spacial score (nSPS) is 11.6. The monoisotopic (exact) mass is 782 g/mol. The Labute approximate surface area is 327 Å². The third-order valence-electron chi connectivity index (χ3n) is 8.57. The predicted octanol–water partition coefficient (Wildman–Crippen LogP) is 8.42. The number of methoxy groups -OCH3 is 2. The van der Waals surface area contributed by atoms with Crippen molar-refractivity contribution in [3.8, 4) is 23.0 Å². The number of nitrogens with one attached hydrogen (secondary N) is 5. The van der Waals surface area contributed by atoms with Crippen molar-refractivity contribution in [1.82, 2.24) is 10.3 Å². The van der Waals surface area contributed by atoms with Gasteiger partial charge >= 0.3 is 12.0 Å². The number of benzene rings is 4. The minimum absolute atomic E-state index is 0.0526. The maximum absolute atomic E-state index is 13.5. The van der Waals surface area contributed by atoms with Gasteiger partial charge < -0.3 is 45.3 Å². The van der Waals surface area contributed by atoms with Gasteiger partial charge in [-0.05, 0) is 66.3 Å². The molecule has 0 fully saturated rings. The number of carbonyl (C=O) groups excluding carboxylic acids is 2. The topological polar surface area (TPSA) is 189 Å². The molecule has 0 aliphatic rings. The highest BCUT2D eigenvalue weighted by Gasteiger charge is 2.22. The molecule has 14 nitrogen and oxygen atoms in total. The molecule has 294 valence electrons. The Morgan fingerprint density at radius 2 is 1.55 bits per heavy atom. The summed E-state index contributed by atoms with van der Waals surface area (Å²) in [5, 5.41) is 22.2. The van der Waals surface area contributed by atoms with Crippen LogP contribution >= 0.6 is 0 Å². The van der Waals surface area contributed by atoms with Crippen LogP contribution in [0.5, 0.6) is 23.0 Å². The number of urea groups is 1. The molecule has 0 saturated heterocycles. The van der Waals surface area contributed by atoms with Gasteiger partial charge in [-0.3, -0.25) is 9.59 Å². The highest BCUT2D eigenvalue weighted by Crippen LogP contribution is 2.40. The lowest BCUT2D eigenvalue weighted by atomic mass is 9.86. The lowest BCUT2D eigenvalue weighted by Gasteiger charge is -2.24. The van der Waals surface area contributed by atoms with Gasteiger partial charge in [-0.25, -0.2) is 14.0 Å². The Bertz CT molecular complexity index is 2260. The number of carboxylic acid groups (broad SMARTS) is 1. The van der Waals surface area contributed by atoms with E-state index in [9.17, 15) is 18.6 Å². The number of nitrogens with zero attached hydrogens (tertiary/aromatic N) is 1. The summed E-state index contributed by atoms with van der Waals surface area (Å²) < 4.78 is 32.4. The predicted molar refractivity (Wildman–Crippen MR) is 220 cm³/mol. The highest BCUT2D eigenvalue weighted by atomic mass is 32.2. The van der Waals surface area contributed by atoms with Crippen LogP contribution in [0, 0.1) is 0 Å². The third kappa shape index (κ3) is 10.7. The van der Waals surface area contributed by atoms with Crippen LogP contribution < -0.4 is 40.2 Å². The van der Waals surface area contributed by atoms with E-state index >= 15 is 0 Å². The van der Waals surface area contributed by atoms with Gasteiger partial charge in [-0.1, -0.05) is 45.0 Å². The number of hydrogen-bond acceptors (Lipinski definition) is 9. The first-order valence-corrected chi connectivity index (χ1v) is 19.3. The van der Waals surface area contributed by atoms with Crippen molar-refractivity contribution in [3.63, 3.8) is 0 Å². The molecule has 0 bridgehead atoms. The first-order chi connectivity index (χ1) is 26.7. The largest absolute Gasteiger partial charge is 0.496 e. The molecule has 1 heterocycles. The van der Waals surface area contributed by atoms with E-state index in [1.807, 2.05) is 57.2 Å². The van der Waals surface area contributed by atoms with Crippen molar-refractivity contribution in [1.29, 1.82) is 0 Å². The maximum Gasteiger partial charge on any atom is 0.323 e. The number of fused-ring (bicyclic) bond motifs is 1. The van der Waals surface area contributed by atoms with E-state index in [0.717, 1.165) is 16.3 Å². The van der Waals surface area contributed by atoms with Crippen molar-refractivity contribution in [2.75, 3.05) is 47.7 Å². The van der Waals surface area contributed by atoms with E-state index in [1.165, 1.54) is 20.5 Å². The summed E-state index contributed by atoms with van der Waals surface area (Å²) in [7, 11) is 1.59. The summed E-state index contributed by atoms with van der Waals surface area (Å²) in [4.78, 5) is 41.4. The summed E-state index contributed by atoms with van der Waals surface area (Å²) in [5.74, 6) is 1.04. The van der Waals surface area contributed by atoms with E-state index in [1.54, 1.807) is 48.7 Å². The van der Waals surface area contributed by atoms with Crippen molar-refractivity contribution >= 4 is 68.2 Å². The number of hydrogen-bond donors (Lipinski definition) is 6. The Kier molecular flexibility index (Phi) is 13.4. The van der Waals surface area contributed by atoms with Gasteiger partial charge in [0, 0.05) is 54.0 Å². The highest BCUT2D eigenvalue weighted by molar-refractivity contribution is 7.85. The standard InChI is InChI=1S/C41H46N6O8S/c1-41(2,3)25-21-32(38(54-5)33(22-25)47-56(6)52)46-40(51)45-31-16-17-34(29-12-8-7-11-28(29)31)55-27-18-20-42-36(24-27)44-26-14-15-30(35(23-26)53-4)39(50)43-19-10-9-13-37(48)49/h7-8,11-12,14-18,20-24,47H,9-10,13,19H2,1-6H3,(H,42,44)(H,43,50)(H,48,49)(H2,45,46,51)/t56-/m0/s1. The van der Waals surface area contributed by atoms with Crippen molar-refractivity contribution in [3.05, 3.63) is 96.2 Å². The lowest BCUT2D eigenvalue weighted by molar-refractivity contribution is -0.137. The Balaban J connectivity index is 1.30. The molecule has 4 aromatic carbocycles. The number of rotatable bonds is 16.